The van der Waals surface area contributed by atoms with Crippen LogP contribution < -0.4 is 5.32 Å². The number of amides is 2. The fraction of sp³-hybridized carbons (Fsp3) is 0.385. The summed E-state index contributed by atoms with van der Waals surface area (Å²) in [6, 6.07) is 9.06. The fourth-order valence-electron chi connectivity index (χ4n) is 1.93. The van der Waals surface area contributed by atoms with Crippen LogP contribution in [0.25, 0.3) is 0 Å². The molecule has 5 heteroatoms. The van der Waals surface area contributed by atoms with Gasteiger partial charge in [0.25, 0.3) is 0 Å². The molecule has 0 bridgehead atoms. The Balaban J connectivity index is 1.93. The van der Waals surface area contributed by atoms with Gasteiger partial charge in [-0.05, 0) is 24.1 Å². The Hall–Kier alpha value is -2.06. The zero-order valence-corrected chi connectivity index (χ0v) is 9.97. The number of carbonyl (C=O) groups is 1. The van der Waals surface area contributed by atoms with Crippen molar-refractivity contribution in [2.45, 2.75) is 18.9 Å². The van der Waals surface area contributed by atoms with Crippen molar-refractivity contribution in [3.63, 3.8) is 0 Å². The second-order valence-electron chi connectivity index (χ2n) is 4.35. The standard InChI is InChI=1S/C13H15N3O2/c14-7-5-10-1-3-11(4-2-10)15-13(18)16-8-6-12(17)9-16/h1-4,12,17H,5-6,8-9H2,(H,15,18)/t12-/m0/s1. The minimum atomic E-state index is -0.409. The summed E-state index contributed by atoms with van der Waals surface area (Å²) in [7, 11) is 0. The number of aliphatic hydroxyl groups excluding tert-OH is 1. The molecule has 0 saturated carbocycles. The van der Waals surface area contributed by atoms with Crippen LogP contribution in [0.1, 0.15) is 12.0 Å². The number of anilines is 1. The molecule has 2 N–H and O–H groups in total. The van der Waals surface area contributed by atoms with E-state index in [1.54, 1.807) is 17.0 Å². The number of urea groups is 1. The highest BCUT2D eigenvalue weighted by Gasteiger charge is 2.24. The number of rotatable bonds is 2. The van der Waals surface area contributed by atoms with E-state index in [1.807, 2.05) is 12.1 Å². The van der Waals surface area contributed by atoms with Gasteiger partial charge in [0.2, 0.25) is 0 Å². The quantitative estimate of drug-likeness (QED) is 0.825. The molecule has 1 heterocycles. The Morgan fingerprint density at radius 3 is 2.78 bits per heavy atom. The first kappa shape index (κ1) is 12.4. The van der Waals surface area contributed by atoms with Gasteiger partial charge >= 0.3 is 6.03 Å². The van der Waals surface area contributed by atoms with Crippen molar-refractivity contribution in [2.75, 3.05) is 18.4 Å². The number of nitrogens with zero attached hydrogens (tertiary/aromatic N) is 2. The summed E-state index contributed by atoms with van der Waals surface area (Å²) in [4.78, 5) is 13.4. The molecular formula is C13H15N3O2. The van der Waals surface area contributed by atoms with Crippen LogP contribution in [0.3, 0.4) is 0 Å². The molecule has 0 unspecified atom stereocenters. The Labute approximate surface area is 106 Å². The van der Waals surface area contributed by atoms with Gasteiger partial charge in [-0.1, -0.05) is 12.1 Å². The van der Waals surface area contributed by atoms with Crippen molar-refractivity contribution in [2.24, 2.45) is 0 Å². The van der Waals surface area contributed by atoms with Crippen LogP contribution in [0.4, 0.5) is 10.5 Å². The van der Waals surface area contributed by atoms with Crippen molar-refractivity contribution < 1.29 is 9.90 Å². The van der Waals surface area contributed by atoms with E-state index in [1.165, 1.54) is 0 Å². The molecule has 1 atom stereocenters. The summed E-state index contributed by atoms with van der Waals surface area (Å²) >= 11 is 0. The lowest BCUT2D eigenvalue weighted by atomic mass is 10.1. The Morgan fingerprint density at radius 1 is 1.50 bits per heavy atom. The van der Waals surface area contributed by atoms with Crippen LogP contribution in [0.2, 0.25) is 0 Å². The number of carbonyl (C=O) groups excluding carboxylic acids is 1. The fourth-order valence-corrected chi connectivity index (χ4v) is 1.93. The summed E-state index contributed by atoms with van der Waals surface area (Å²) in [5.74, 6) is 0. The Bertz CT molecular complexity index is 464. The molecule has 18 heavy (non-hydrogen) atoms. The van der Waals surface area contributed by atoms with E-state index >= 15 is 0 Å². The molecule has 94 valence electrons. The average Bonchev–Trinajstić information content (AvgIpc) is 2.79. The van der Waals surface area contributed by atoms with Gasteiger partial charge in [0.15, 0.2) is 0 Å². The zero-order chi connectivity index (χ0) is 13.0. The maximum Gasteiger partial charge on any atom is 0.321 e. The van der Waals surface area contributed by atoms with Gasteiger partial charge in [0.1, 0.15) is 0 Å². The van der Waals surface area contributed by atoms with Crippen molar-refractivity contribution in [1.82, 2.24) is 4.90 Å². The lowest BCUT2D eigenvalue weighted by Gasteiger charge is -2.16. The first-order valence-electron chi connectivity index (χ1n) is 5.89. The van der Waals surface area contributed by atoms with Gasteiger partial charge in [0, 0.05) is 18.8 Å². The molecule has 0 aromatic heterocycles. The first-order chi connectivity index (χ1) is 8.69. The molecule has 1 saturated heterocycles. The zero-order valence-electron chi connectivity index (χ0n) is 9.97. The molecule has 1 fully saturated rings. The van der Waals surface area contributed by atoms with Crippen LogP contribution in [0.5, 0.6) is 0 Å². The van der Waals surface area contributed by atoms with Gasteiger partial charge in [-0.2, -0.15) is 5.26 Å². The average molecular weight is 245 g/mol. The van der Waals surface area contributed by atoms with E-state index in [0.29, 0.717) is 31.6 Å². The van der Waals surface area contributed by atoms with Crippen molar-refractivity contribution >= 4 is 11.7 Å². The third-order valence-electron chi connectivity index (χ3n) is 2.94. The van der Waals surface area contributed by atoms with E-state index in [9.17, 15) is 9.90 Å². The highest BCUT2D eigenvalue weighted by Crippen LogP contribution is 2.13. The van der Waals surface area contributed by atoms with E-state index in [-0.39, 0.29) is 6.03 Å². The van der Waals surface area contributed by atoms with Gasteiger partial charge in [-0.25, -0.2) is 4.79 Å². The molecule has 2 rings (SSSR count). The number of nitriles is 1. The van der Waals surface area contributed by atoms with Crippen molar-refractivity contribution in [3.05, 3.63) is 29.8 Å². The Morgan fingerprint density at radius 2 is 2.22 bits per heavy atom. The van der Waals surface area contributed by atoms with Crippen molar-refractivity contribution in [1.29, 1.82) is 5.26 Å². The summed E-state index contributed by atoms with van der Waals surface area (Å²) in [6.45, 7) is 0.970. The normalized spacial score (nSPS) is 18.4. The maximum absolute atomic E-state index is 11.8. The van der Waals surface area contributed by atoms with Crippen LogP contribution in [0.15, 0.2) is 24.3 Å². The molecule has 0 aliphatic carbocycles. The molecule has 0 spiro atoms. The summed E-state index contributed by atoms with van der Waals surface area (Å²) in [6.07, 6.45) is 0.593. The molecule has 1 aliphatic rings. The summed E-state index contributed by atoms with van der Waals surface area (Å²) in [5, 5.41) is 20.7. The number of benzene rings is 1. The van der Waals surface area contributed by atoms with E-state index in [2.05, 4.69) is 11.4 Å². The lowest BCUT2D eigenvalue weighted by molar-refractivity contribution is 0.176. The van der Waals surface area contributed by atoms with Crippen LogP contribution in [-0.2, 0) is 6.42 Å². The van der Waals surface area contributed by atoms with Gasteiger partial charge in [0.05, 0.1) is 18.6 Å². The predicted molar refractivity (Wildman–Crippen MR) is 67.0 cm³/mol. The molecule has 1 aliphatic heterocycles. The van der Waals surface area contributed by atoms with E-state index in [4.69, 9.17) is 5.26 Å². The largest absolute Gasteiger partial charge is 0.391 e. The lowest BCUT2D eigenvalue weighted by Crippen LogP contribution is -2.33. The van der Waals surface area contributed by atoms with Crippen LogP contribution in [0, 0.1) is 11.3 Å². The van der Waals surface area contributed by atoms with Gasteiger partial charge < -0.3 is 15.3 Å². The van der Waals surface area contributed by atoms with Crippen LogP contribution >= 0.6 is 0 Å². The minimum Gasteiger partial charge on any atom is -0.391 e. The number of likely N-dealkylation sites (tertiary alicyclic amines) is 1. The smallest absolute Gasteiger partial charge is 0.321 e. The molecule has 1 aromatic rings. The minimum absolute atomic E-state index is 0.195. The SMILES string of the molecule is N#CCc1ccc(NC(=O)N2CC[C@H](O)C2)cc1. The van der Waals surface area contributed by atoms with E-state index in [0.717, 1.165) is 5.56 Å². The second kappa shape index (κ2) is 5.52. The summed E-state index contributed by atoms with van der Waals surface area (Å²) in [5.41, 5.74) is 1.62. The number of β-amino-alcohol motifs (C(OH)–C–C–N with tert-alkyl or cyclic N) is 1. The summed E-state index contributed by atoms with van der Waals surface area (Å²) < 4.78 is 0. The number of nitrogens with one attached hydrogen (secondary N) is 1. The van der Waals surface area contributed by atoms with Gasteiger partial charge in [-0.3, -0.25) is 0 Å². The predicted octanol–water partition coefficient (Wildman–Crippen LogP) is 1.35. The number of hydrogen-bond donors (Lipinski definition) is 2. The first-order valence-corrected chi connectivity index (χ1v) is 5.89. The Kier molecular flexibility index (Phi) is 3.80. The highest BCUT2D eigenvalue weighted by atomic mass is 16.3. The third-order valence-corrected chi connectivity index (χ3v) is 2.94. The van der Waals surface area contributed by atoms with Crippen molar-refractivity contribution in [3.8, 4) is 6.07 Å². The van der Waals surface area contributed by atoms with Gasteiger partial charge in [-0.15, -0.1) is 0 Å². The molecular weight excluding hydrogens is 230 g/mol. The van der Waals surface area contributed by atoms with Crippen LogP contribution in [-0.4, -0.2) is 35.2 Å². The molecule has 2 amide bonds. The maximum atomic E-state index is 11.8. The highest BCUT2D eigenvalue weighted by molar-refractivity contribution is 5.89. The number of hydrogen-bond acceptors (Lipinski definition) is 3. The molecule has 0 radical (unpaired) electrons. The third kappa shape index (κ3) is 2.99. The molecule has 1 aromatic carbocycles. The van der Waals surface area contributed by atoms with E-state index < -0.39 is 6.10 Å². The second-order valence-corrected chi connectivity index (χ2v) is 4.35. The number of aliphatic hydroxyl groups is 1. The topological polar surface area (TPSA) is 76.4 Å². The molecule has 5 nitrogen and oxygen atoms in total. The monoisotopic (exact) mass is 245 g/mol.